The van der Waals surface area contributed by atoms with Gasteiger partial charge >= 0.3 is 0 Å². The SMILES string of the molecule is Cc1ccc(C(C)(C)C)c(OCC(=O)N2CCCC(C(N)=O)C2)c1F. The zero-order chi connectivity index (χ0) is 18.8. The predicted molar refractivity (Wildman–Crippen MR) is 93.8 cm³/mol. The fourth-order valence-electron chi connectivity index (χ4n) is 3.05. The maximum Gasteiger partial charge on any atom is 0.260 e. The monoisotopic (exact) mass is 350 g/mol. The zero-order valence-corrected chi connectivity index (χ0v) is 15.4. The topological polar surface area (TPSA) is 72.6 Å². The molecule has 1 atom stereocenters. The molecule has 1 fully saturated rings. The number of aryl methyl sites for hydroxylation is 1. The highest BCUT2D eigenvalue weighted by molar-refractivity contribution is 5.81. The normalized spacial score (nSPS) is 18.1. The molecule has 0 radical (unpaired) electrons. The minimum Gasteiger partial charge on any atom is -0.480 e. The van der Waals surface area contributed by atoms with Gasteiger partial charge < -0.3 is 15.4 Å². The lowest BCUT2D eigenvalue weighted by Crippen LogP contribution is -2.45. The summed E-state index contributed by atoms with van der Waals surface area (Å²) in [6.45, 7) is 8.18. The molecule has 5 nitrogen and oxygen atoms in total. The van der Waals surface area contributed by atoms with E-state index in [0.717, 1.165) is 12.0 Å². The van der Waals surface area contributed by atoms with Crippen molar-refractivity contribution >= 4 is 11.8 Å². The van der Waals surface area contributed by atoms with Crippen molar-refractivity contribution in [1.29, 1.82) is 0 Å². The number of hydrogen-bond acceptors (Lipinski definition) is 3. The van der Waals surface area contributed by atoms with Crippen LogP contribution in [-0.4, -0.2) is 36.4 Å². The average molecular weight is 350 g/mol. The van der Waals surface area contributed by atoms with Crippen LogP contribution in [-0.2, 0) is 15.0 Å². The quantitative estimate of drug-likeness (QED) is 0.907. The van der Waals surface area contributed by atoms with Crippen molar-refractivity contribution in [2.24, 2.45) is 11.7 Å². The molecule has 1 unspecified atom stereocenters. The summed E-state index contributed by atoms with van der Waals surface area (Å²) >= 11 is 0. The smallest absolute Gasteiger partial charge is 0.260 e. The molecule has 0 aromatic heterocycles. The number of ether oxygens (including phenoxy) is 1. The lowest BCUT2D eigenvalue weighted by molar-refractivity contribution is -0.136. The van der Waals surface area contributed by atoms with Crippen LogP contribution >= 0.6 is 0 Å². The third-order valence-electron chi connectivity index (χ3n) is 4.61. The maximum atomic E-state index is 14.5. The van der Waals surface area contributed by atoms with Gasteiger partial charge in [0.1, 0.15) is 0 Å². The van der Waals surface area contributed by atoms with E-state index in [1.807, 2.05) is 26.8 Å². The van der Waals surface area contributed by atoms with Gasteiger partial charge in [0.25, 0.3) is 5.91 Å². The van der Waals surface area contributed by atoms with E-state index in [-0.39, 0.29) is 29.6 Å². The molecule has 0 saturated carbocycles. The number of nitrogens with zero attached hydrogens (tertiary/aromatic N) is 1. The molecule has 25 heavy (non-hydrogen) atoms. The summed E-state index contributed by atoms with van der Waals surface area (Å²) in [4.78, 5) is 25.3. The second kappa shape index (κ2) is 7.42. The Balaban J connectivity index is 2.12. The number of carbonyl (C=O) groups excluding carboxylic acids is 2. The van der Waals surface area contributed by atoms with Crippen LogP contribution in [0.3, 0.4) is 0 Å². The van der Waals surface area contributed by atoms with E-state index >= 15 is 0 Å². The molecule has 2 amide bonds. The van der Waals surface area contributed by atoms with Gasteiger partial charge in [0.05, 0.1) is 5.92 Å². The minimum absolute atomic E-state index is 0.129. The van der Waals surface area contributed by atoms with Crippen molar-refractivity contribution in [3.05, 3.63) is 29.1 Å². The number of benzene rings is 1. The summed E-state index contributed by atoms with van der Waals surface area (Å²) in [7, 11) is 0. The molecular weight excluding hydrogens is 323 g/mol. The summed E-state index contributed by atoms with van der Waals surface area (Å²) in [5.41, 5.74) is 6.22. The van der Waals surface area contributed by atoms with E-state index in [2.05, 4.69) is 0 Å². The number of carbonyl (C=O) groups is 2. The average Bonchev–Trinajstić information content (AvgIpc) is 2.54. The molecule has 1 aromatic rings. The fourth-order valence-corrected chi connectivity index (χ4v) is 3.05. The molecule has 1 aliphatic heterocycles. The highest BCUT2D eigenvalue weighted by Crippen LogP contribution is 2.34. The first-order valence-corrected chi connectivity index (χ1v) is 8.60. The van der Waals surface area contributed by atoms with Gasteiger partial charge in [0.15, 0.2) is 18.2 Å². The first-order valence-electron chi connectivity index (χ1n) is 8.60. The van der Waals surface area contributed by atoms with Crippen LogP contribution in [0.2, 0.25) is 0 Å². The first kappa shape index (κ1) is 19.2. The highest BCUT2D eigenvalue weighted by Gasteiger charge is 2.28. The molecule has 0 spiro atoms. The molecule has 6 heteroatoms. The van der Waals surface area contributed by atoms with Crippen molar-refractivity contribution in [3.8, 4) is 5.75 Å². The lowest BCUT2D eigenvalue weighted by Gasteiger charge is -2.31. The van der Waals surface area contributed by atoms with Crippen LogP contribution in [0.25, 0.3) is 0 Å². The third-order valence-corrected chi connectivity index (χ3v) is 4.61. The van der Waals surface area contributed by atoms with Gasteiger partial charge in [-0.3, -0.25) is 9.59 Å². The predicted octanol–water partition coefficient (Wildman–Crippen LogP) is 2.53. The van der Waals surface area contributed by atoms with Gasteiger partial charge in [-0.2, -0.15) is 0 Å². The van der Waals surface area contributed by atoms with Crippen molar-refractivity contribution in [1.82, 2.24) is 4.90 Å². The zero-order valence-electron chi connectivity index (χ0n) is 15.4. The largest absolute Gasteiger partial charge is 0.480 e. The summed E-state index contributed by atoms with van der Waals surface area (Å²) < 4.78 is 20.1. The number of amides is 2. The molecule has 2 rings (SSSR count). The van der Waals surface area contributed by atoms with Crippen LogP contribution < -0.4 is 10.5 Å². The van der Waals surface area contributed by atoms with Gasteiger partial charge in [-0.25, -0.2) is 4.39 Å². The van der Waals surface area contributed by atoms with Gasteiger partial charge in [-0.15, -0.1) is 0 Å². The second-order valence-corrected chi connectivity index (χ2v) is 7.69. The number of hydrogen-bond donors (Lipinski definition) is 1. The van der Waals surface area contributed by atoms with Gasteiger partial charge in [-0.1, -0.05) is 32.9 Å². The maximum absolute atomic E-state index is 14.5. The molecule has 1 saturated heterocycles. The van der Waals surface area contributed by atoms with E-state index in [1.54, 1.807) is 17.9 Å². The van der Waals surface area contributed by atoms with E-state index < -0.39 is 11.7 Å². The number of likely N-dealkylation sites (tertiary alicyclic amines) is 1. The Labute approximate surface area is 148 Å². The van der Waals surface area contributed by atoms with Crippen LogP contribution in [0.15, 0.2) is 12.1 Å². The third kappa shape index (κ3) is 4.50. The molecule has 1 heterocycles. The molecule has 1 aliphatic rings. The molecule has 0 bridgehead atoms. The van der Waals surface area contributed by atoms with Crippen molar-refractivity contribution in [2.75, 3.05) is 19.7 Å². The molecular formula is C19H27FN2O3. The first-order chi connectivity index (χ1) is 11.6. The molecule has 0 aliphatic carbocycles. The second-order valence-electron chi connectivity index (χ2n) is 7.69. The number of halogens is 1. The molecule has 138 valence electrons. The summed E-state index contributed by atoms with van der Waals surface area (Å²) in [6, 6.07) is 3.55. The molecule has 1 aromatic carbocycles. The lowest BCUT2D eigenvalue weighted by atomic mass is 9.85. The van der Waals surface area contributed by atoms with Gasteiger partial charge in [0, 0.05) is 18.7 Å². The van der Waals surface area contributed by atoms with Crippen molar-refractivity contribution in [2.45, 2.75) is 46.0 Å². The Morgan fingerprint density at radius 3 is 2.64 bits per heavy atom. The number of piperidine rings is 1. The highest BCUT2D eigenvalue weighted by atomic mass is 19.1. The Kier molecular flexibility index (Phi) is 5.70. The number of nitrogens with two attached hydrogens (primary N) is 1. The number of rotatable bonds is 4. The Morgan fingerprint density at radius 2 is 2.04 bits per heavy atom. The standard InChI is InChI=1S/C19H27FN2O3/c1-12-7-8-14(19(2,3)4)17(16(12)20)25-11-15(23)22-9-5-6-13(10-22)18(21)24/h7-8,13H,5-6,9-11H2,1-4H3,(H2,21,24). The molecule has 2 N–H and O–H groups in total. The van der Waals surface area contributed by atoms with E-state index in [4.69, 9.17) is 10.5 Å². The van der Waals surface area contributed by atoms with Crippen LogP contribution in [0.5, 0.6) is 5.75 Å². The minimum atomic E-state index is -0.436. The summed E-state index contributed by atoms with van der Waals surface area (Å²) in [6.07, 6.45) is 1.42. The Bertz CT molecular complexity index is 667. The van der Waals surface area contributed by atoms with Crippen LogP contribution in [0.1, 0.15) is 44.7 Å². The van der Waals surface area contributed by atoms with E-state index in [1.165, 1.54) is 0 Å². The van der Waals surface area contributed by atoms with Crippen molar-refractivity contribution < 1.29 is 18.7 Å². The summed E-state index contributed by atoms with van der Waals surface area (Å²) in [5, 5.41) is 0. The Hall–Kier alpha value is -2.11. The number of primary amides is 1. The van der Waals surface area contributed by atoms with E-state index in [0.29, 0.717) is 25.1 Å². The van der Waals surface area contributed by atoms with Crippen LogP contribution in [0.4, 0.5) is 4.39 Å². The van der Waals surface area contributed by atoms with Crippen molar-refractivity contribution in [3.63, 3.8) is 0 Å². The fraction of sp³-hybridized carbons (Fsp3) is 0.579. The van der Waals surface area contributed by atoms with E-state index in [9.17, 15) is 14.0 Å². The van der Waals surface area contributed by atoms with Crippen LogP contribution in [0, 0.1) is 18.7 Å². The van der Waals surface area contributed by atoms with Gasteiger partial charge in [0.2, 0.25) is 5.91 Å². The Morgan fingerprint density at radius 1 is 1.36 bits per heavy atom. The summed E-state index contributed by atoms with van der Waals surface area (Å²) in [5.74, 6) is -1.28. The van der Waals surface area contributed by atoms with Gasteiger partial charge in [-0.05, 0) is 30.7 Å².